The summed E-state index contributed by atoms with van der Waals surface area (Å²) in [5.41, 5.74) is 0.586. The number of hydrogen-bond acceptors (Lipinski definition) is 3. The second kappa shape index (κ2) is 4.60. The molecular weight excluding hydrogens is 285 g/mol. The zero-order valence-electron chi connectivity index (χ0n) is 8.16. The zero-order chi connectivity index (χ0) is 12.6. The number of carboxylic acids is 1. The molecule has 1 amide bonds. The molecule has 1 heterocycles. The molecule has 0 radical (unpaired) electrons. The summed E-state index contributed by atoms with van der Waals surface area (Å²) in [6.45, 7) is 0. The molecule has 2 N–H and O–H groups in total. The minimum atomic E-state index is -1.34. The summed E-state index contributed by atoms with van der Waals surface area (Å²) in [4.78, 5) is 22.9. The average molecular weight is 290 g/mol. The molecule has 1 aromatic rings. The Bertz CT molecular complexity index is 556. The summed E-state index contributed by atoms with van der Waals surface area (Å²) >= 11 is 12.4. The molecule has 0 bridgehead atoms. The minimum absolute atomic E-state index is 0.0473. The summed E-state index contributed by atoms with van der Waals surface area (Å²) in [6.07, 6.45) is 0. The molecule has 0 aromatic heterocycles. The molecule has 0 spiro atoms. The van der Waals surface area contributed by atoms with Gasteiger partial charge in [-0.25, -0.2) is 4.79 Å². The van der Waals surface area contributed by atoms with Gasteiger partial charge in [0.05, 0.1) is 5.69 Å². The molecule has 88 valence electrons. The maximum absolute atomic E-state index is 11.6. The zero-order valence-corrected chi connectivity index (χ0v) is 10.5. The predicted molar refractivity (Wildman–Crippen MR) is 66.5 cm³/mol. The Balaban J connectivity index is 2.48. The Labute approximate surface area is 111 Å². The van der Waals surface area contributed by atoms with Crippen LogP contribution in [0.15, 0.2) is 33.0 Å². The number of benzene rings is 1. The summed E-state index contributed by atoms with van der Waals surface area (Å²) in [6, 6.07) is 4.91. The van der Waals surface area contributed by atoms with E-state index in [9.17, 15) is 9.59 Å². The van der Waals surface area contributed by atoms with Crippen LogP contribution in [0.1, 0.15) is 0 Å². The van der Waals surface area contributed by atoms with Crippen molar-refractivity contribution >= 4 is 52.5 Å². The SMILES string of the molecule is O=C(O)C(Cl)=C1Sc2cc(Cl)ccc2NC1=O. The molecule has 1 aromatic carbocycles. The van der Waals surface area contributed by atoms with Crippen LogP contribution in [0.25, 0.3) is 0 Å². The van der Waals surface area contributed by atoms with Crippen molar-refractivity contribution in [3.8, 4) is 0 Å². The second-order valence-electron chi connectivity index (χ2n) is 3.14. The lowest BCUT2D eigenvalue weighted by Gasteiger charge is -2.18. The lowest BCUT2D eigenvalue weighted by Crippen LogP contribution is -2.19. The van der Waals surface area contributed by atoms with Crippen LogP contribution in [0.5, 0.6) is 0 Å². The molecule has 4 nitrogen and oxygen atoms in total. The van der Waals surface area contributed by atoms with E-state index >= 15 is 0 Å². The third-order valence-corrected chi connectivity index (χ3v) is 3.85. The van der Waals surface area contributed by atoms with E-state index in [1.165, 1.54) is 0 Å². The van der Waals surface area contributed by atoms with E-state index in [0.717, 1.165) is 11.8 Å². The topological polar surface area (TPSA) is 66.4 Å². The van der Waals surface area contributed by atoms with Crippen LogP contribution in [-0.4, -0.2) is 17.0 Å². The highest BCUT2D eigenvalue weighted by Gasteiger charge is 2.26. The third-order valence-electron chi connectivity index (χ3n) is 2.00. The lowest BCUT2D eigenvalue weighted by molar-refractivity contribution is -0.132. The number of carbonyl (C=O) groups excluding carboxylic acids is 1. The Hall–Kier alpha value is -1.17. The van der Waals surface area contributed by atoms with Gasteiger partial charge in [-0.3, -0.25) is 4.79 Å². The lowest BCUT2D eigenvalue weighted by atomic mass is 10.3. The largest absolute Gasteiger partial charge is 0.477 e. The van der Waals surface area contributed by atoms with Crippen LogP contribution in [0.3, 0.4) is 0 Å². The molecule has 7 heteroatoms. The molecule has 0 saturated carbocycles. The molecule has 0 saturated heterocycles. The van der Waals surface area contributed by atoms with Crippen molar-refractivity contribution in [1.29, 1.82) is 0 Å². The van der Waals surface area contributed by atoms with E-state index in [2.05, 4.69) is 5.32 Å². The Morgan fingerprint density at radius 1 is 1.41 bits per heavy atom. The molecule has 1 aliphatic heterocycles. The maximum atomic E-state index is 11.6. The summed E-state index contributed by atoms with van der Waals surface area (Å²) < 4.78 is 0. The highest BCUT2D eigenvalue weighted by atomic mass is 35.5. The van der Waals surface area contributed by atoms with E-state index < -0.39 is 16.9 Å². The number of amides is 1. The number of halogens is 2. The van der Waals surface area contributed by atoms with Gasteiger partial charge >= 0.3 is 5.97 Å². The van der Waals surface area contributed by atoms with E-state index in [0.29, 0.717) is 15.6 Å². The number of nitrogens with one attached hydrogen (secondary N) is 1. The van der Waals surface area contributed by atoms with Crippen molar-refractivity contribution < 1.29 is 14.7 Å². The minimum Gasteiger partial charge on any atom is -0.477 e. The third kappa shape index (κ3) is 2.41. The van der Waals surface area contributed by atoms with Gasteiger partial charge in [0.25, 0.3) is 5.91 Å². The van der Waals surface area contributed by atoms with Gasteiger partial charge < -0.3 is 10.4 Å². The monoisotopic (exact) mass is 289 g/mol. The quantitative estimate of drug-likeness (QED) is 0.780. The van der Waals surface area contributed by atoms with Crippen LogP contribution in [0, 0.1) is 0 Å². The number of thioether (sulfide) groups is 1. The summed E-state index contributed by atoms with van der Waals surface area (Å²) in [5.74, 6) is -1.87. The van der Waals surface area contributed by atoms with Crippen molar-refractivity contribution in [3.05, 3.63) is 33.2 Å². The number of rotatable bonds is 1. The molecule has 17 heavy (non-hydrogen) atoms. The van der Waals surface area contributed by atoms with E-state index in [4.69, 9.17) is 28.3 Å². The van der Waals surface area contributed by atoms with Gasteiger partial charge in [-0.15, -0.1) is 0 Å². The molecule has 0 atom stereocenters. The van der Waals surface area contributed by atoms with Gasteiger partial charge in [-0.1, -0.05) is 35.0 Å². The van der Waals surface area contributed by atoms with Crippen molar-refractivity contribution in [2.45, 2.75) is 4.90 Å². The van der Waals surface area contributed by atoms with Crippen LogP contribution in [-0.2, 0) is 9.59 Å². The highest BCUT2D eigenvalue weighted by molar-refractivity contribution is 8.04. The van der Waals surface area contributed by atoms with Gasteiger partial charge in [0.15, 0.2) is 0 Å². The van der Waals surface area contributed by atoms with Gasteiger partial charge in [-0.2, -0.15) is 0 Å². The van der Waals surface area contributed by atoms with Gasteiger partial charge in [0.2, 0.25) is 0 Å². The number of aliphatic carboxylic acids is 1. The first-order chi connectivity index (χ1) is 7.99. The van der Waals surface area contributed by atoms with Gasteiger partial charge in [0.1, 0.15) is 9.94 Å². The molecule has 0 unspecified atom stereocenters. The first kappa shape index (κ1) is 12.3. The number of anilines is 1. The van der Waals surface area contributed by atoms with Crippen LogP contribution in [0.2, 0.25) is 5.02 Å². The molecular formula is C10H5Cl2NO3S. The van der Waals surface area contributed by atoms with Crippen molar-refractivity contribution in [3.63, 3.8) is 0 Å². The first-order valence-electron chi connectivity index (χ1n) is 4.41. The summed E-state index contributed by atoms with van der Waals surface area (Å²) in [7, 11) is 0. The Morgan fingerprint density at radius 3 is 2.76 bits per heavy atom. The number of carbonyl (C=O) groups is 2. The Morgan fingerprint density at radius 2 is 2.12 bits per heavy atom. The molecule has 0 aliphatic carbocycles. The van der Waals surface area contributed by atoms with Crippen molar-refractivity contribution in [1.82, 2.24) is 0 Å². The Kier molecular flexibility index (Phi) is 3.33. The number of fused-ring (bicyclic) bond motifs is 1. The van der Waals surface area contributed by atoms with Crippen LogP contribution < -0.4 is 5.32 Å². The van der Waals surface area contributed by atoms with E-state index in [-0.39, 0.29) is 4.91 Å². The van der Waals surface area contributed by atoms with E-state index in [1.807, 2.05) is 0 Å². The second-order valence-corrected chi connectivity index (χ2v) is 5.01. The predicted octanol–water partition coefficient (Wildman–Crippen LogP) is 2.92. The number of carboxylic acid groups (broad SMARTS) is 1. The fraction of sp³-hybridized carbons (Fsp3) is 0. The van der Waals surface area contributed by atoms with Crippen LogP contribution >= 0.6 is 35.0 Å². The normalized spacial score (nSPS) is 17.2. The number of hydrogen-bond donors (Lipinski definition) is 2. The van der Waals surface area contributed by atoms with Gasteiger partial charge in [-0.05, 0) is 18.2 Å². The molecule has 0 fully saturated rings. The summed E-state index contributed by atoms with van der Waals surface area (Å²) in [5, 5.41) is 11.3. The smallest absolute Gasteiger partial charge is 0.348 e. The fourth-order valence-corrected chi connectivity index (χ4v) is 2.65. The first-order valence-corrected chi connectivity index (χ1v) is 5.98. The standard InChI is InChI=1S/C10H5Cl2NO3S/c11-4-1-2-5-6(3-4)17-8(9(14)13-5)7(12)10(15)16/h1-3H,(H,13,14)(H,15,16). The van der Waals surface area contributed by atoms with Crippen LogP contribution in [0.4, 0.5) is 5.69 Å². The molecule has 2 rings (SSSR count). The van der Waals surface area contributed by atoms with E-state index in [1.54, 1.807) is 18.2 Å². The van der Waals surface area contributed by atoms with Crippen molar-refractivity contribution in [2.24, 2.45) is 0 Å². The molecule has 1 aliphatic rings. The van der Waals surface area contributed by atoms with Crippen molar-refractivity contribution in [2.75, 3.05) is 5.32 Å². The fourth-order valence-electron chi connectivity index (χ4n) is 1.26. The maximum Gasteiger partial charge on any atom is 0.348 e. The average Bonchev–Trinajstić information content (AvgIpc) is 2.27. The highest BCUT2D eigenvalue weighted by Crippen LogP contribution is 2.41. The van der Waals surface area contributed by atoms with Gasteiger partial charge in [0, 0.05) is 9.92 Å².